The van der Waals surface area contributed by atoms with E-state index in [0.717, 1.165) is 96.3 Å². The first-order valence-electron chi connectivity index (χ1n) is 19.6. The van der Waals surface area contributed by atoms with Crippen molar-refractivity contribution in [3.05, 3.63) is 85.1 Å². The van der Waals surface area contributed by atoms with E-state index in [4.69, 9.17) is 23.6 Å². The predicted molar refractivity (Wildman–Crippen MR) is 214 cm³/mol. The lowest BCUT2D eigenvalue weighted by Gasteiger charge is -2.20. The summed E-state index contributed by atoms with van der Waals surface area (Å²) < 4.78 is 33.2. The fourth-order valence-electron chi connectivity index (χ4n) is 4.59. The minimum absolute atomic E-state index is 0.00852. The molecule has 298 valence electrons. The van der Waals surface area contributed by atoms with Gasteiger partial charge in [-0.3, -0.25) is 13.8 Å². The average Bonchev–Trinajstić information content (AvgIpc) is 3.13. The summed E-state index contributed by atoms with van der Waals surface area (Å²) in [5.41, 5.74) is 0. The monoisotopic (exact) mass is 750 g/mol. The number of aliphatic hydroxyl groups excluding tert-OH is 2. The minimum atomic E-state index is -4.53. The van der Waals surface area contributed by atoms with Crippen LogP contribution >= 0.6 is 7.82 Å². The Labute approximate surface area is 315 Å². The second-order valence-electron chi connectivity index (χ2n) is 12.6. The van der Waals surface area contributed by atoms with E-state index in [-0.39, 0.29) is 13.0 Å². The molecule has 0 bridgehead atoms. The Hall–Kier alpha value is -2.36. The number of esters is 1. The second-order valence-corrected chi connectivity index (χ2v) is 14.0. The van der Waals surface area contributed by atoms with E-state index in [1.54, 1.807) is 0 Å². The molecule has 9 nitrogen and oxygen atoms in total. The lowest BCUT2D eigenvalue weighted by atomic mass is 10.1. The summed E-state index contributed by atoms with van der Waals surface area (Å²) in [5, 5.41) is 18.3. The third-order valence-corrected chi connectivity index (χ3v) is 8.50. The van der Waals surface area contributed by atoms with Gasteiger partial charge in [0.2, 0.25) is 0 Å². The molecule has 3 atom stereocenters. The Morgan fingerprint density at radius 1 is 0.615 bits per heavy atom. The maximum Gasteiger partial charge on any atom is 0.472 e. The molecule has 0 amide bonds. The van der Waals surface area contributed by atoms with Crippen LogP contribution < -0.4 is 0 Å². The number of unbranched alkanes of at least 4 members (excludes halogenated alkanes) is 8. The molecule has 0 saturated carbocycles. The van der Waals surface area contributed by atoms with E-state index in [2.05, 4.69) is 98.9 Å². The van der Waals surface area contributed by atoms with Crippen LogP contribution in [0, 0.1) is 0 Å². The molecule has 52 heavy (non-hydrogen) atoms. The summed E-state index contributed by atoms with van der Waals surface area (Å²) >= 11 is 0. The van der Waals surface area contributed by atoms with Gasteiger partial charge in [-0.2, -0.15) is 0 Å². The quantitative estimate of drug-likeness (QED) is 0.0248. The van der Waals surface area contributed by atoms with Crippen LogP contribution in [0.5, 0.6) is 0 Å². The molecular formula is C42H71O9P. The van der Waals surface area contributed by atoms with E-state index >= 15 is 0 Å². The number of allylic oxidation sites excluding steroid dienone is 14. The summed E-state index contributed by atoms with van der Waals surface area (Å²) in [6, 6.07) is 0. The van der Waals surface area contributed by atoms with E-state index in [1.807, 2.05) is 0 Å². The lowest BCUT2D eigenvalue weighted by molar-refractivity contribution is -0.154. The number of ether oxygens (including phenoxy) is 2. The average molecular weight is 751 g/mol. The predicted octanol–water partition coefficient (Wildman–Crippen LogP) is 10.4. The summed E-state index contributed by atoms with van der Waals surface area (Å²) in [5.74, 6) is -0.418. The van der Waals surface area contributed by atoms with Crippen molar-refractivity contribution in [3.8, 4) is 0 Å². The number of rotatable bonds is 36. The molecule has 3 N–H and O–H groups in total. The van der Waals surface area contributed by atoms with Crippen LogP contribution in [-0.4, -0.2) is 66.3 Å². The number of hydrogen-bond acceptors (Lipinski definition) is 8. The van der Waals surface area contributed by atoms with Gasteiger partial charge < -0.3 is 24.6 Å². The number of carbonyl (C=O) groups is 1. The smallest absolute Gasteiger partial charge is 0.457 e. The molecule has 3 unspecified atom stereocenters. The zero-order valence-corrected chi connectivity index (χ0v) is 33.1. The van der Waals surface area contributed by atoms with Gasteiger partial charge in [-0.25, -0.2) is 4.57 Å². The first-order chi connectivity index (χ1) is 25.3. The molecule has 0 heterocycles. The third-order valence-electron chi connectivity index (χ3n) is 7.55. The fraction of sp³-hybridized carbons (Fsp3) is 0.643. The normalized spacial score (nSPS) is 15.1. The van der Waals surface area contributed by atoms with Gasteiger partial charge in [0, 0.05) is 13.0 Å². The van der Waals surface area contributed by atoms with Crippen LogP contribution in [0.2, 0.25) is 0 Å². The van der Waals surface area contributed by atoms with Crippen molar-refractivity contribution >= 4 is 13.8 Å². The Bertz CT molecular complexity index is 1080. The summed E-state index contributed by atoms with van der Waals surface area (Å²) in [7, 11) is -4.53. The number of phosphoric ester groups is 1. The zero-order valence-electron chi connectivity index (χ0n) is 32.2. The van der Waals surface area contributed by atoms with Crippen LogP contribution in [0.4, 0.5) is 0 Å². The molecule has 0 aromatic heterocycles. The molecule has 0 spiro atoms. The summed E-state index contributed by atoms with van der Waals surface area (Å²) in [6.45, 7) is 3.17. The molecule has 10 heteroatoms. The molecule has 0 fully saturated rings. The topological polar surface area (TPSA) is 132 Å². The van der Waals surface area contributed by atoms with E-state index < -0.39 is 45.8 Å². The summed E-state index contributed by atoms with van der Waals surface area (Å²) in [6.07, 6.45) is 45.5. The Balaban J connectivity index is 4.35. The van der Waals surface area contributed by atoms with Crippen molar-refractivity contribution in [1.82, 2.24) is 0 Å². The SMILES string of the molecule is CC/C=C\C/C=C\C/C=C\C/C=C\C/C=C\CCCCOCC(COP(=O)(O)OCC(O)CO)OC(=O)CCCCCCC/C=C\C/C=C\CCC. The van der Waals surface area contributed by atoms with Gasteiger partial charge in [0.1, 0.15) is 12.2 Å². The van der Waals surface area contributed by atoms with Gasteiger partial charge >= 0.3 is 13.8 Å². The highest BCUT2D eigenvalue weighted by Crippen LogP contribution is 2.43. The molecule has 0 aliphatic carbocycles. The number of hydrogen-bond donors (Lipinski definition) is 3. The van der Waals surface area contributed by atoms with Crippen molar-refractivity contribution in [2.75, 3.05) is 33.0 Å². The van der Waals surface area contributed by atoms with Crippen LogP contribution in [-0.2, 0) is 27.9 Å². The van der Waals surface area contributed by atoms with Crippen molar-refractivity contribution in [3.63, 3.8) is 0 Å². The number of carbonyl (C=O) groups excluding carboxylic acids is 1. The van der Waals surface area contributed by atoms with Crippen molar-refractivity contribution in [2.45, 2.75) is 142 Å². The highest BCUT2D eigenvalue weighted by molar-refractivity contribution is 7.47. The summed E-state index contributed by atoms with van der Waals surface area (Å²) in [4.78, 5) is 22.5. The highest BCUT2D eigenvalue weighted by Gasteiger charge is 2.26. The fourth-order valence-corrected chi connectivity index (χ4v) is 5.38. The van der Waals surface area contributed by atoms with Gasteiger partial charge in [-0.05, 0) is 83.5 Å². The van der Waals surface area contributed by atoms with Gasteiger partial charge in [-0.15, -0.1) is 0 Å². The molecule has 0 saturated heterocycles. The van der Waals surface area contributed by atoms with E-state index in [0.29, 0.717) is 13.0 Å². The lowest BCUT2D eigenvalue weighted by Crippen LogP contribution is -2.29. The molecule has 0 aromatic rings. The van der Waals surface area contributed by atoms with Crippen LogP contribution in [0.3, 0.4) is 0 Å². The Morgan fingerprint density at radius 2 is 1.10 bits per heavy atom. The number of phosphoric acid groups is 1. The minimum Gasteiger partial charge on any atom is -0.457 e. The standard InChI is InChI=1S/C42H71O9P/c1-3-5-7-9-11-13-15-17-18-19-20-21-23-25-27-29-31-33-35-48-38-41(39-50-52(46,47)49-37-40(44)36-43)51-42(45)34-32-30-28-26-24-22-16-14-12-10-8-6-4-2/h5,7-8,10-11,13-14,16-18,20-21,25,27,40-41,43-44H,3-4,6,9,12,15,19,22-24,26,28-39H2,1-2H3,(H,46,47)/b7-5-,10-8-,13-11-,16-14-,18-17-,21-20-,27-25-. The van der Waals surface area contributed by atoms with E-state index in [1.165, 1.54) is 6.42 Å². The van der Waals surface area contributed by atoms with Crippen molar-refractivity contribution in [1.29, 1.82) is 0 Å². The Morgan fingerprint density at radius 3 is 1.65 bits per heavy atom. The molecule has 0 aromatic carbocycles. The van der Waals surface area contributed by atoms with Crippen molar-refractivity contribution < 1.29 is 43.0 Å². The number of aliphatic hydroxyl groups is 2. The maximum absolute atomic E-state index is 12.6. The van der Waals surface area contributed by atoms with E-state index in [9.17, 15) is 19.4 Å². The van der Waals surface area contributed by atoms with Gasteiger partial charge in [-0.1, -0.05) is 125 Å². The van der Waals surface area contributed by atoms with Crippen LogP contribution in [0.15, 0.2) is 85.1 Å². The largest absolute Gasteiger partial charge is 0.472 e. The zero-order chi connectivity index (χ0) is 38.2. The van der Waals surface area contributed by atoms with Crippen LogP contribution in [0.25, 0.3) is 0 Å². The maximum atomic E-state index is 12.6. The van der Waals surface area contributed by atoms with Gasteiger partial charge in [0.15, 0.2) is 0 Å². The molecular weight excluding hydrogens is 679 g/mol. The first kappa shape index (κ1) is 49.6. The van der Waals surface area contributed by atoms with Gasteiger partial charge in [0.25, 0.3) is 0 Å². The first-order valence-corrected chi connectivity index (χ1v) is 21.1. The molecule has 0 radical (unpaired) electrons. The van der Waals surface area contributed by atoms with Crippen LogP contribution in [0.1, 0.15) is 129 Å². The highest BCUT2D eigenvalue weighted by atomic mass is 31.2. The Kier molecular flexibility index (Phi) is 36.6. The van der Waals surface area contributed by atoms with Crippen molar-refractivity contribution in [2.24, 2.45) is 0 Å². The van der Waals surface area contributed by atoms with Gasteiger partial charge in [0.05, 0.1) is 26.4 Å². The molecule has 0 aliphatic rings. The third kappa shape index (κ3) is 37.4. The molecule has 0 rings (SSSR count). The second kappa shape index (κ2) is 38.4. The molecule has 0 aliphatic heterocycles.